The zero-order chi connectivity index (χ0) is 9.19. The minimum atomic E-state index is -4.56. The summed E-state index contributed by atoms with van der Waals surface area (Å²) in [5.74, 6) is -0.591. The fourth-order valence-corrected chi connectivity index (χ4v) is 1.30. The molecular weight excluding hydrogens is 187 g/mol. The SMILES string of the molecule is NCc1ocnc1CS(=O)(=O)F. The van der Waals surface area contributed by atoms with Crippen LogP contribution in [0.25, 0.3) is 0 Å². The maximum atomic E-state index is 12.1. The Morgan fingerprint density at radius 2 is 2.33 bits per heavy atom. The quantitative estimate of drug-likeness (QED) is 0.681. The Hall–Kier alpha value is -0.950. The Morgan fingerprint density at radius 3 is 2.83 bits per heavy atom. The number of hydrogen-bond acceptors (Lipinski definition) is 5. The summed E-state index contributed by atoms with van der Waals surface area (Å²) in [6.07, 6.45) is 1.03. The number of halogens is 1. The van der Waals surface area contributed by atoms with Gasteiger partial charge in [0.05, 0.1) is 6.54 Å². The molecule has 0 radical (unpaired) electrons. The minimum absolute atomic E-state index is 0.00481. The standard InChI is InChI=1S/C5H7FN2O3S/c6-12(9,10)2-4-5(1-7)11-3-8-4/h3H,1-2,7H2. The van der Waals surface area contributed by atoms with Crippen LogP contribution in [0.4, 0.5) is 3.89 Å². The van der Waals surface area contributed by atoms with Crippen LogP contribution in [0.1, 0.15) is 11.5 Å². The van der Waals surface area contributed by atoms with Crippen LogP contribution in [-0.4, -0.2) is 13.4 Å². The summed E-state index contributed by atoms with van der Waals surface area (Å²) < 4.78 is 37.2. The normalized spacial score (nSPS) is 11.8. The molecule has 7 heteroatoms. The molecule has 1 aromatic heterocycles. The molecule has 1 aromatic rings. The molecular formula is C5H7FN2O3S. The maximum absolute atomic E-state index is 12.1. The molecule has 0 atom stereocenters. The lowest BCUT2D eigenvalue weighted by Gasteiger charge is -1.92. The number of oxazole rings is 1. The molecule has 2 N–H and O–H groups in total. The average molecular weight is 194 g/mol. The van der Waals surface area contributed by atoms with E-state index in [0.717, 1.165) is 6.39 Å². The lowest BCUT2D eigenvalue weighted by molar-refractivity contribution is 0.503. The van der Waals surface area contributed by atoms with E-state index in [1.807, 2.05) is 0 Å². The first kappa shape index (κ1) is 9.14. The third kappa shape index (κ3) is 2.28. The largest absolute Gasteiger partial charge is 0.447 e. The van der Waals surface area contributed by atoms with Gasteiger partial charge in [0.15, 0.2) is 6.39 Å². The highest BCUT2D eigenvalue weighted by Crippen LogP contribution is 2.10. The molecule has 68 valence electrons. The Balaban J connectivity index is 2.89. The summed E-state index contributed by atoms with van der Waals surface area (Å²) in [6.45, 7) is 0.00481. The second kappa shape index (κ2) is 3.20. The summed E-state index contributed by atoms with van der Waals surface area (Å²) >= 11 is 0. The van der Waals surface area contributed by atoms with Crippen LogP contribution in [0.2, 0.25) is 0 Å². The van der Waals surface area contributed by atoms with Crippen LogP contribution in [0.15, 0.2) is 10.8 Å². The third-order valence-corrected chi connectivity index (χ3v) is 1.84. The topological polar surface area (TPSA) is 86.2 Å². The van der Waals surface area contributed by atoms with Crippen molar-refractivity contribution in [3.8, 4) is 0 Å². The van der Waals surface area contributed by atoms with E-state index in [9.17, 15) is 12.3 Å². The molecule has 0 spiro atoms. The van der Waals surface area contributed by atoms with Crippen molar-refractivity contribution >= 4 is 10.2 Å². The van der Waals surface area contributed by atoms with E-state index in [1.54, 1.807) is 0 Å². The van der Waals surface area contributed by atoms with Gasteiger partial charge in [-0.3, -0.25) is 0 Å². The van der Waals surface area contributed by atoms with Gasteiger partial charge in [-0.25, -0.2) is 4.98 Å². The zero-order valence-corrected chi connectivity index (χ0v) is 6.84. The van der Waals surface area contributed by atoms with Crippen molar-refractivity contribution < 1.29 is 16.7 Å². The van der Waals surface area contributed by atoms with Crippen molar-refractivity contribution in [3.63, 3.8) is 0 Å². The molecule has 12 heavy (non-hydrogen) atoms. The van der Waals surface area contributed by atoms with Crippen LogP contribution < -0.4 is 5.73 Å². The molecule has 0 aliphatic carbocycles. The summed E-state index contributed by atoms with van der Waals surface area (Å²) in [4.78, 5) is 3.51. The van der Waals surface area contributed by atoms with E-state index >= 15 is 0 Å². The molecule has 1 heterocycles. The summed E-state index contributed by atoms with van der Waals surface area (Å²) in [5, 5.41) is 0. The molecule has 5 nitrogen and oxygen atoms in total. The van der Waals surface area contributed by atoms with Crippen molar-refractivity contribution in [2.45, 2.75) is 12.3 Å². The highest BCUT2D eigenvalue weighted by Gasteiger charge is 2.15. The number of nitrogens with two attached hydrogens (primary N) is 1. The third-order valence-electron chi connectivity index (χ3n) is 1.22. The highest BCUT2D eigenvalue weighted by atomic mass is 32.3. The molecule has 0 bridgehead atoms. The maximum Gasteiger partial charge on any atom is 0.308 e. The molecule has 0 amide bonds. The van der Waals surface area contributed by atoms with Crippen LogP contribution >= 0.6 is 0 Å². The van der Waals surface area contributed by atoms with Gasteiger partial charge < -0.3 is 10.2 Å². The Labute approximate surface area is 68.6 Å². The zero-order valence-electron chi connectivity index (χ0n) is 6.03. The fraction of sp³-hybridized carbons (Fsp3) is 0.400. The first-order valence-corrected chi connectivity index (χ1v) is 4.62. The fourth-order valence-electron chi connectivity index (χ4n) is 0.741. The van der Waals surface area contributed by atoms with Gasteiger partial charge in [-0.1, -0.05) is 0 Å². The van der Waals surface area contributed by atoms with Crippen molar-refractivity contribution in [1.82, 2.24) is 4.98 Å². The predicted octanol–water partition coefficient (Wildman–Crippen LogP) is -0.0674. The van der Waals surface area contributed by atoms with Gasteiger partial charge in [0.2, 0.25) is 0 Å². The summed E-state index contributed by atoms with van der Waals surface area (Å²) in [5.41, 5.74) is 5.19. The van der Waals surface area contributed by atoms with Crippen LogP contribution in [0, 0.1) is 0 Å². The first-order chi connectivity index (χ1) is 5.53. The monoisotopic (exact) mass is 194 g/mol. The molecule has 0 saturated carbocycles. The van der Waals surface area contributed by atoms with Gasteiger partial charge >= 0.3 is 10.2 Å². The van der Waals surface area contributed by atoms with Crippen LogP contribution in [0.5, 0.6) is 0 Å². The van der Waals surface area contributed by atoms with Crippen LogP contribution in [-0.2, 0) is 22.5 Å². The van der Waals surface area contributed by atoms with Crippen LogP contribution in [0.3, 0.4) is 0 Å². The van der Waals surface area contributed by atoms with Crippen molar-refractivity contribution in [2.75, 3.05) is 0 Å². The van der Waals surface area contributed by atoms with Gasteiger partial charge in [-0.15, -0.1) is 3.89 Å². The summed E-state index contributed by atoms with van der Waals surface area (Å²) in [7, 11) is -4.56. The molecule has 0 saturated heterocycles. The predicted molar refractivity (Wildman–Crippen MR) is 38.1 cm³/mol. The van der Waals surface area contributed by atoms with Gasteiger partial charge in [0.25, 0.3) is 0 Å². The molecule has 1 rings (SSSR count). The lowest BCUT2D eigenvalue weighted by atomic mass is 10.4. The van der Waals surface area contributed by atoms with Crippen molar-refractivity contribution in [3.05, 3.63) is 17.8 Å². The van der Waals surface area contributed by atoms with E-state index in [2.05, 4.69) is 4.98 Å². The lowest BCUT2D eigenvalue weighted by Crippen LogP contribution is -2.03. The smallest absolute Gasteiger partial charge is 0.308 e. The van der Waals surface area contributed by atoms with Gasteiger partial charge in [0, 0.05) is 0 Å². The van der Waals surface area contributed by atoms with E-state index < -0.39 is 16.0 Å². The molecule has 0 fully saturated rings. The van der Waals surface area contributed by atoms with Crippen molar-refractivity contribution in [2.24, 2.45) is 5.73 Å². The van der Waals surface area contributed by atoms with Gasteiger partial charge in [0.1, 0.15) is 17.2 Å². The Morgan fingerprint density at radius 1 is 1.67 bits per heavy atom. The van der Waals surface area contributed by atoms with E-state index in [1.165, 1.54) is 0 Å². The molecule has 0 aromatic carbocycles. The number of nitrogens with zero attached hydrogens (tertiary/aromatic N) is 1. The highest BCUT2D eigenvalue weighted by molar-refractivity contribution is 7.85. The van der Waals surface area contributed by atoms with E-state index in [0.29, 0.717) is 0 Å². The van der Waals surface area contributed by atoms with Gasteiger partial charge in [-0.2, -0.15) is 8.42 Å². The minimum Gasteiger partial charge on any atom is -0.447 e. The molecule has 0 unspecified atom stereocenters. The molecule has 0 aliphatic heterocycles. The van der Waals surface area contributed by atoms with Crippen molar-refractivity contribution in [1.29, 1.82) is 0 Å². The Bertz CT molecular complexity index is 359. The second-order valence-electron chi connectivity index (χ2n) is 2.11. The average Bonchev–Trinajstić information content (AvgIpc) is 2.31. The number of rotatable bonds is 3. The van der Waals surface area contributed by atoms with E-state index in [4.69, 9.17) is 10.2 Å². The number of hydrogen-bond donors (Lipinski definition) is 1. The first-order valence-electron chi connectivity index (χ1n) is 3.06. The molecule has 0 aliphatic rings. The van der Waals surface area contributed by atoms with E-state index in [-0.39, 0.29) is 18.0 Å². The van der Waals surface area contributed by atoms with Gasteiger partial charge in [-0.05, 0) is 0 Å². The second-order valence-corrected chi connectivity index (χ2v) is 3.48. The number of aromatic nitrogens is 1. The summed E-state index contributed by atoms with van der Waals surface area (Å²) in [6, 6.07) is 0. The Kier molecular flexibility index (Phi) is 2.43.